The normalized spacial score (nSPS) is 22.4. The number of aromatic nitrogens is 1. The summed E-state index contributed by atoms with van der Waals surface area (Å²) in [5.74, 6) is -0.261. The second-order valence-corrected chi connectivity index (χ2v) is 5.34. The van der Waals surface area contributed by atoms with Gasteiger partial charge in [0.2, 0.25) is 0 Å². The van der Waals surface area contributed by atoms with Crippen molar-refractivity contribution >= 4 is 5.91 Å². The summed E-state index contributed by atoms with van der Waals surface area (Å²) in [6.07, 6.45) is -0.00423. The molecule has 2 N–H and O–H groups in total. The zero-order valence-corrected chi connectivity index (χ0v) is 12.8. The Balaban J connectivity index is 2.08. The largest absolute Gasteiger partial charge is 0.375 e. The summed E-state index contributed by atoms with van der Waals surface area (Å²) in [5.41, 5.74) is 0.806. The lowest BCUT2D eigenvalue weighted by Gasteiger charge is -2.19. The van der Waals surface area contributed by atoms with E-state index in [9.17, 15) is 9.59 Å². The molecule has 1 fully saturated rings. The molecule has 2 atom stereocenters. The van der Waals surface area contributed by atoms with Crippen LogP contribution in [0.1, 0.15) is 30.0 Å². The zero-order chi connectivity index (χ0) is 15.4. The number of pyridine rings is 1. The van der Waals surface area contributed by atoms with Crippen LogP contribution < -0.4 is 10.7 Å². The van der Waals surface area contributed by atoms with Crippen molar-refractivity contribution in [2.24, 2.45) is 0 Å². The lowest BCUT2D eigenvalue weighted by molar-refractivity contribution is 0.0504. The van der Waals surface area contributed by atoms with Crippen LogP contribution in [0, 0.1) is 6.92 Å². The highest BCUT2D eigenvalue weighted by Crippen LogP contribution is 2.14. The minimum absolute atomic E-state index is 0.00423. The third-order valence-corrected chi connectivity index (χ3v) is 3.71. The number of carbonyl (C=O) groups excluding carboxylic acids is 1. The maximum atomic E-state index is 12.3. The molecule has 1 aromatic heterocycles. The Bertz CT molecular complexity index is 555. The van der Waals surface area contributed by atoms with E-state index in [1.54, 1.807) is 6.92 Å². The van der Waals surface area contributed by atoms with E-state index in [-0.39, 0.29) is 23.5 Å². The number of aromatic amines is 1. The number of nitrogens with one attached hydrogen (secondary N) is 2. The molecule has 6 nitrogen and oxygen atoms in total. The summed E-state index contributed by atoms with van der Waals surface area (Å²) in [6, 6.07) is 2.74. The third-order valence-electron chi connectivity index (χ3n) is 3.71. The number of rotatable bonds is 5. The molecule has 0 saturated carbocycles. The molecule has 1 amide bonds. The van der Waals surface area contributed by atoms with Gasteiger partial charge in [0.15, 0.2) is 5.43 Å². The maximum Gasteiger partial charge on any atom is 0.268 e. The van der Waals surface area contributed by atoms with Crippen LogP contribution in [0.3, 0.4) is 0 Å². The van der Waals surface area contributed by atoms with E-state index in [2.05, 4.69) is 22.1 Å². The quantitative estimate of drug-likeness (QED) is 0.830. The van der Waals surface area contributed by atoms with Crippen molar-refractivity contribution < 1.29 is 9.53 Å². The van der Waals surface area contributed by atoms with E-state index in [0.29, 0.717) is 18.0 Å². The minimum atomic E-state index is -0.261. The van der Waals surface area contributed by atoms with Crippen LogP contribution in [0.2, 0.25) is 0 Å². The Morgan fingerprint density at radius 3 is 2.81 bits per heavy atom. The summed E-state index contributed by atoms with van der Waals surface area (Å²) < 4.78 is 5.70. The van der Waals surface area contributed by atoms with Crippen molar-refractivity contribution in [1.29, 1.82) is 0 Å². The predicted octanol–water partition coefficient (Wildman–Crippen LogP) is 0.522. The average molecular weight is 293 g/mol. The molecule has 1 saturated heterocycles. The van der Waals surface area contributed by atoms with Crippen molar-refractivity contribution in [3.63, 3.8) is 0 Å². The molecule has 0 bridgehead atoms. The molecule has 21 heavy (non-hydrogen) atoms. The molecule has 0 aromatic carbocycles. The van der Waals surface area contributed by atoms with E-state index >= 15 is 0 Å². The number of ether oxygens (including phenoxy) is 1. The lowest BCUT2D eigenvalue weighted by Crippen LogP contribution is -2.44. The fraction of sp³-hybridized carbons (Fsp3) is 0.600. The second kappa shape index (κ2) is 6.87. The summed E-state index contributed by atoms with van der Waals surface area (Å²) in [6.45, 7) is 8.93. The van der Waals surface area contributed by atoms with E-state index < -0.39 is 0 Å². The molecule has 116 valence electrons. The monoisotopic (exact) mass is 293 g/mol. The van der Waals surface area contributed by atoms with Gasteiger partial charge in [-0.15, -0.1) is 0 Å². The molecular formula is C15H23N3O3. The SMILES string of the molecule is CCO[C@H]1CN(CC)C[C@@H]1NC(=O)c1cc(=O)cc(C)[nH]1. The number of H-pyrrole nitrogens is 1. The first-order chi connectivity index (χ1) is 10.0. The van der Waals surface area contributed by atoms with Crippen molar-refractivity contribution in [2.45, 2.75) is 32.9 Å². The van der Waals surface area contributed by atoms with E-state index in [1.807, 2.05) is 6.92 Å². The molecule has 0 radical (unpaired) electrons. The van der Waals surface area contributed by atoms with Crippen LogP contribution in [0.4, 0.5) is 0 Å². The number of hydrogen-bond donors (Lipinski definition) is 2. The van der Waals surface area contributed by atoms with Crippen molar-refractivity contribution in [2.75, 3.05) is 26.2 Å². The van der Waals surface area contributed by atoms with Gasteiger partial charge in [0, 0.05) is 37.5 Å². The van der Waals surface area contributed by atoms with Crippen LogP contribution in [0.25, 0.3) is 0 Å². The Hall–Kier alpha value is -1.66. The van der Waals surface area contributed by atoms with E-state index in [1.165, 1.54) is 12.1 Å². The number of carbonyl (C=O) groups is 1. The molecule has 2 rings (SSSR count). The van der Waals surface area contributed by atoms with Gasteiger partial charge in [0.1, 0.15) is 5.69 Å². The first-order valence-corrected chi connectivity index (χ1v) is 7.39. The highest BCUT2D eigenvalue weighted by Gasteiger charge is 2.33. The topological polar surface area (TPSA) is 74.4 Å². The number of aryl methyl sites for hydroxylation is 1. The summed E-state index contributed by atoms with van der Waals surface area (Å²) >= 11 is 0. The van der Waals surface area contributed by atoms with Crippen LogP contribution in [0.5, 0.6) is 0 Å². The fourth-order valence-corrected chi connectivity index (χ4v) is 2.68. The highest BCUT2D eigenvalue weighted by atomic mass is 16.5. The number of likely N-dealkylation sites (tertiary alicyclic amines) is 1. The van der Waals surface area contributed by atoms with Gasteiger partial charge in [-0.05, 0) is 20.4 Å². The van der Waals surface area contributed by atoms with Gasteiger partial charge in [0.25, 0.3) is 5.91 Å². The van der Waals surface area contributed by atoms with Gasteiger partial charge in [-0.2, -0.15) is 0 Å². The average Bonchev–Trinajstić information content (AvgIpc) is 2.80. The Morgan fingerprint density at radius 2 is 2.19 bits per heavy atom. The smallest absolute Gasteiger partial charge is 0.268 e. The second-order valence-electron chi connectivity index (χ2n) is 5.34. The molecule has 6 heteroatoms. The van der Waals surface area contributed by atoms with Crippen molar-refractivity contribution in [1.82, 2.24) is 15.2 Å². The molecule has 1 aromatic rings. The standard InChI is InChI=1S/C15H23N3O3/c1-4-18-8-13(14(9-18)21-5-2)17-15(20)12-7-11(19)6-10(3)16-12/h6-7,13-14H,4-5,8-9H2,1-3H3,(H,16,19)(H,17,20)/t13-,14-/m0/s1. The van der Waals surface area contributed by atoms with Gasteiger partial charge in [0.05, 0.1) is 12.1 Å². The van der Waals surface area contributed by atoms with E-state index in [4.69, 9.17) is 4.74 Å². The number of hydrogen-bond acceptors (Lipinski definition) is 4. The highest BCUT2D eigenvalue weighted by molar-refractivity contribution is 5.92. The first-order valence-electron chi connectivity index (χ1n) is 7.39. The third kappa shape index (κ3) is 3.92. The van der Waals surface area contributed by atoms with Crippen LogP contribution in [0.15, 0.2) is 16.9 Å². The molecule has 0 spiro atoms. The number of nitrogens with zero attached hydrogens (tertiary/aromatic N) is 1. The van der Waals surface area contributed by atoms with Gasteiger partial charge >= 0.3 is 0 Å². The first kappa shape index (κ1) is 15.7. The Morgan fingerprint density at radius 1 is 1.43 bits per heavy atom. The number of amides is 1. The van der Waals surface area contributed by atoms with Gasteiger partial charge in [-0.25, -0.2) is 0 Å². The molecule has 2 heterocycles. The van der Waals surface area contributed by atoms with Gasteiger partial charge < -0.3 is 15.0 Å². The molecule has 1 aliphatic heterocycles. The van der Waals surface area contributed by atoms with Gasteiger partial charge in [-0.1, -0.05) is 6.92 Å². The minimum Gasteiger partial charge on any atom is -0.375 e. The predicted molar refractivity (Wildman–Crippen MR) is 80.6 cm³/mol. The lowest BCUT2D eigenvalue weighted by atomic mass is 10.2. The summed E-state index contributed by atoms with van der Waals surface area (Å²) in [5, 5.41) is 2.97. The van der Waals surface area contributed by atoms with E-state index in [0.717, 1.165) is 19.6 Å². The zero-order valence-electron chi connectivity index (χ0n) is 12.8. The van der Waals surface area contributed by atoms with Crippen LogP contribution in [-0.2, 0) is 4.74 Å². The molecular weight excluding hydrogens is 270 g/mol. The molecule has 0 unspecified atom stereocenters. The maximum absolute atomic E-state index is 12.3. The molecule has 0 aliphatic carbocycles. The van der Waals surface area contributed by atoms with Crippen LogP contribution >= 0.6 is 0 Å². The fourth-order valence-electron chi connectivity index (χ4n) is 2.68. The van der Waals surface area contributed by atoms with Crippen LogP contribution in [-0.4, -0.2) is 54.2 Å². The van der Waals surface area contributed by atoms with Crippen molar-refractivity contribution in [3.05, 3.63) is 33.7 Å². The Labute approximate surface area is 124 Å². The van der Waals surface area contributed by atoms with Crippen molar-refractivity contribution in [3.8, 4) is 0 Å². The number of likely N-dealkylation sites (N-methyl/N-ethyl adjacent to an activating group) is 1. The van der Waals surface area contributed by atoms with Gasteiger partial charge in [-0.3, -0.25) is 14.5 Å². The molecule has 1 aliphatic rings. The summed E-state index contributed by atoms with van der Waals surface area (Å²) in [4.78, 5) is 28.9. The summed E-state index contributed by atoms with van der Waals surface area (Å²) in [7, 11) is 0. The Kier molecular flexibility index (Phi) is 5.14.